The van der Waals surface area contributed by atoms with E-state index in [9.17, 15) is 0 Å². The normalized spacial score (nSPS) is 7.07. The summed E-state index contributed by atoms with van der Waals surface area (Å²) in [6.07, 6.45) is 0. The molecule has 2 aromatic carbocycles. The predicted octanol–water partition coefficient (Wildman–Crippen LogP) is 4.33. The van der Waals surface area contributed by atoms with E-state index in [4.69, 9.17) is 0 Å². The smallest absolute Gasteiger partial charge is 0.358 e. The summed E-state index contributed by atoms with van der Waals surface area (Å²) in [6.45, 7) is 4.17. The second kappa shape index (κ2) is 11.7. The van der Waals surface area contributed by atoms with Crippen LogP contribution < -0.4 is 0 Å². The first-order valence-electron chi connectivity index (χ1n) is 4.15. The van der Waals surface area contributed by atoms with E-state index < -0.39 is 0 Å². The predicted molar refractivity (Wildman–Crippen MR) is 66.4 cm³/mol. The van der Waals surface area contributed by atoms with E-state index in [0.717, 1.165) is 0 Å². The van der Waals surface area contributed by atoms with E-state index in [1.165, 1.54) is 11.1 Å². The minimum Gasteiger partial charge on any atom is -0.358 e. The Morgan fingerprint density at radius 1 is 0.600 bits per heavy atom. The van der Waals surface area contributed by atoms with Gasteiger partial charge < -0.3 is 14.9 Å². The fourth-order valence-corrected chi connectivity index (χ4v) is 0.940. The Balaban J connectivity index is -0.000000160. The maximum Gasteiger partial charge on any atom is 4.00 e. The number of rotatable bonds is 0. The average Bonchev–Trinajstić information content (AvgIpc) is 2.63. The fourth-order valence-electron chi connectivity index (χ4n) is 0.940. The monoisotopic (exact) mass is 278 g/mol. The van der Waals surface area contributed by atoms with Crippen LogP contribution in [0.4, 0.5) is 0 Å². The van der Waals surface area contributed by atoms with Crippen LogP contribution in [0.5, 0.6) is 0 Å². The van der Waals surface area contributed by atoms with E-state index in [1.54, 1.807) is 0 Å². The number of hydrogen-bond donors (Lipinski definition) is 0. The van der Waals surface area contributed by atoms with Crippen LogP contribution in [0.1, 0.15) is 11.1 Å². The summed E-state index contributed by atoms with van der Waals surface area (Å²) in [5, 5.41) is 0. The van der Waals surface area contributed by atoms with Gasteiger partial charge in [-0.3, -0.25) is 0 Å². The Morgan fingerprint density at radius 3 is 0.867 bits per heavy atom. The van der Waals surface area contributed by atoms with Crippen LogP contribution in [0.3, 0.4) is 0 Å². The van der Waals surface area contributed by atoms with Crippen molar-refractivity contribution >= 4 is 0 Å². The first-order chi connectivity index (χ1) is 5.79. The molecule has 0 bridgehead atoms. The van der Waals surface area contributed by atoms with Crippen LogP contribution in [0.2, 0.25) is 0 Å². The van der Waals surface area contributed by atoms with Crippen molar-refractivity contribution < 1.29 is 26.2 Å². The van der Waals surface area contributed by atoms with Crippen molar-refractivity contribution in [2.75, 3.05) is 0 Å². The summed E-state index contributed by atoms with van der Waals surface area (Å²) in [4.78, 5) is 0. The van der Waals surface area contributed by atoms with Crippen molar-refractivity contribution in [2.24, 2.45) is 0 Å². The molecule has 1 heteroatoms. The standard InChI is InChI=1S/2C6H7.2CH3.Zr/c2*1-6-4-2-3-5-6;;;/h2*2-5H,1H3;2*1H3;/q4*-1;+4. The third-order valence-corrected chi connectivity index (χ3v) is 1.66. The maximum atomic E-state index is 2.08. The Bertz CT molecular complexity index is 245. The third-order valence-electron chi connectivity index (χ3n) is 1.66. The molecule has 15 heavy (non-hydrogen) atoms. The van der Waals surface area contributed by atoms with Crippen LogP contribution in [-0.2, 0) is 26.2 Å². The van der Waals surface area contributed by atoms with Crippen LogP contribution in [-0.4, -0.2) is 0 Å². The second-order valence-corrected chi connectivity index (χ2v) is 2.92. The van der Waals surface area contributed by atoms with Gasteiger partial charge in [-0.15, -0.1) is 0 Å². The summed E-state index contributed by atoms with van der Waals surface area (Å²) in [7, 11) is 0. The molecule has 0 radical (unpaired) electrons. The fraction of sp³-hybridized carbons (Fsp3) is 0.143. The summed E-state index contributed by atoms with van der Waals surface area (Å²) >= 11 is 0. The molecule has 0 amide bonds. The first kappa shape index (κ1) is 20.1. The van der Waals surface area contributed by atoms with E-state index >= 15 is 0 Å². The van der Waals surface area contributed by atoms with E-state index in [1.807, 2.05) is 24.3 Å². The van der Waals surface area contributed by atoms with Crippen LogP contribution in [0.15, 0.2) is 48.5 Å². The van der Waals surface area contributed by atoms with Gasteiger partial charge in [0.1, 0.15) is 0 Å². The van der Waals surface area contributed by atoms with Gasteiger partial charge in [-0.1, -0.05) is 13.8 Å². The minimum atomic E-state index is 0. The quantitative estimate of drug-likeness (QED) is 0.630. The molecule has 80 valence electrons. The zero-order valence-electron chi connectivity index (χ0n) is 10.1. The number of hydrogen-bond acceptors (Lipinski definition) is 0. The van der Waals surface area contributed by atoms with Crippen LogP contribution in [0.25, 0.3) is 0 Å². The Hall–Kier alpha value is -0.417. The molecule has 0 saturated heterocycles. The zero-order chi connectivity index (χ0) is 8.81. The topological polar surface area (TPSA) is 0 Å². The van der Waals surface area contributed by atoms with Gasteiger partial charge in [-0.25, -0.2) is 24.3 Å². The molecule has 0 nitrogen and oxygen atoms in total. The zero-order valence-corrected chi connectivity index (χ0v) is 12.6. The molecule has 0 aliphatic rings. The Morgan fingerprint density at radius 2 is 0.800 bits per heavy atom. The van der Waals surface area contributed by atoms with E-state index in [-0.39, 0.29) is 41.1 Å². The van der Waals surface area contributed by atoms with Gasteiger partial charge in [-0.05, 0) is 0 Å². The molecule has 0 aliphatic carbocycles. The second-order valence-electron chi connectivity index (χ2n) is 2.92. The first-order valence-corrected chi connectivity index (χ1v) is 4.15. The summed E-state index contributed by atoms with van der Waals surface area (Å²) in [6, 6.07) is 16.5. The molecule has 0 N–H and O–H groups in total. The summed E-state index contributed by atoms with van der Waals surface area (Å²) in [5.74, 6) is 0. The van der Waals surface area contributed by atoms with Crippen molar-refractivity contribution in [3.63, 3.8) is 0 Å². The largest absolute Gasteiger partial charge is 4.00 e. The Labute approximate surface area is 114 Å². The van der Waals surface area contributed by atoms with Crippen molar-refractivity contribution in [2.45, 2.75) is 13.8 Å². The van der Waals surface area contributed by atoms with Gasteiger partial charge in [0, 0.05) is 0 Å². The maximum absolute atomic E-state index is 2.08. The average molecular weight is 280 g/mol. The third kappa shape index (κ3) is 9.88. The molecule has 0 spiro atoms. The molecular weight excluding hydrogens is 259 g/mol. The van der Waals surface area contributed by atoms with Crippen molar-refractivity contribution in [3.8, 4) is 0 Å². The van der Waals surface area contributed by atoms with Crippen LogP contribution in [0, 0.1) is 28.7 Å². The van der Waals surface area contributed by atoms with Gasteiger partial charge in [0.2, 0.25) is 0 Å². The molecular formula is C14H20Zr. The van der Waals surface area contributed by atoms with Crippen molar-refractivity contribution in [1.29, 1.82) is 0 Å². The summed E-state index contributed by atoms with van der Waals surface area (Å²) < 4.78 is 0. The van der Waals surface area contributed by atoms with Crippen LogP contribution >= 0.6 is 0 Å². The molecule has 0 atom stereocenters. The van der Waals surface area contributed by atoms with Gasteiger partial charge in [0.05, 0.1) is 0 Å². The molecule has 0 saturated carbocycles. The van der Waals surface area contributed by atoms with Gasteiger partial charge >= 0.3 is 26.2 Å². The molecule has 0 unspecified atom stereocenters. The minimum absolute atomic E-state index is 0. The molecule has 0 heterocycles. The molecule has 2 rings (SSSR count). The van der Waals surface area contributed by atoms with Gasteiger partial charge in [0.25, 0.3) is 0 Å². The summed E-state index contributed by atoms with van der Waals surface area (Å²) in [5.41, 5.74) is 2.69. The molecule has 0 aliphatic heterocycles. The molecule has 0 aromatic heterocycles. The van der Waals surface area contributed by atoms with Gasteiger partial charge in [0.15, 0.2) is 0 Å². The van der Waals surface area contributed by atoms with Crippen molar-refractivity contribution in [1.82, 2.24) is 0 Å². The van der Waals surface area contributed by atoms with E-state index in [0.29, 0.717) is 0 Å². The van der Waals surface area contributed by atoms with Gasteiger partial charge in [-0.2, -0.15) is 35.4 Å². The number of aryl methyl sites for hydroxylation is 2. The van der Waals surface area contributed by atoms with Crippen molar-refractivity contribution in [3.05, 3.63) is 74.5 Å². The Kier molecular flexibility index (Phi) is 15.6. The molecule has 0 fully saturated rings. The molecule has 2 aromatic rings. The SMILES string of the molecule is C[c-]1cccc1.C[c-]1cccc1.[CH3-].[CH3-].[Zr+4]. The van der Waals surface area contributed by atoms with E-state index in [2.05, 4.69) is 38.1 Å².